The summed E-state index contributed by atoms with van der Waals surface area (Å²) in [5.41, 5.74) is 0. The third-order valence-electron chi connectivity index (χ3n) is 4.64. The fourth-order valence-electron chi connectivity index (χ4n) is 3.59. The predicted octanol–water partition coefficient (Wildman–Crippen LogP) is 1.73. The molecule has 2 rings (SSSR count). The van der Waals surface area contributed by atoms with Crippen molar-refractivity contribution in [1.29, 1.82) is 0 Å². The van der Waals surface area contributed by atoms with Crippen molar-refractivity contribution in [1.82, 2.24) is 4.90 Å². The second kappa shape index (κ2) is 5.34. The summed E-state index contributed by atoms with van der Waals surface area (Å²) in [7, 11) is 1.95. The minimum atomic E-state index is -0.657. The van der Waals surface area contributed by atoms with Gasteiger partial charge in [-0.3, -0.25) is 19.8 Å². The molecule has 102 valence electrons. The molecule has 5 heteroatoms. The van der Waals surface area contributed by atoms with E-state index in [9.17, 15) is 14.9 Å². The SMILES string of the molecule is CC1CCCC([N+](=O)[O-])C1C(=O)C1CCCN1C. The molecule has 1 saturated carbocycles. The van der Waals surface area contributed by atoms with Crippen LogP contribution in [0.5, 0.6) is 0 Å². The minimum absolute atomic E-state index is 0.0852. The van der Waals surface area contributed by atoms with Gasteiger partial charge in [-0.15, -0.1) is 0 Å². The van der Waals surface area contributed by atoms with Crippen molar-refractivity contribution in [3.05, 3.63) is 10.1 Å². The molecule has 2 fully saturated rings. The van der Waals surface area contributed by atoms with Crippen molar-refractivity contribution in [2.45, 2.75) is 51.1 Å². The maximum absolute atomic E-state index is 12.6. The van der Waals surface area contributed by atoms with Gasteiger partial charge in [0, 0.05) is 11.3 Å². The number of rotatable bonds is 3. The molecule has 1 aliphatic heterocycles. The van der Waals surface area contributed by atoms with Crippen LogP contribution in [0.2, 0.25) is 0 Å². The lowest BCUT2D eigenvalue weighted by Gasteiger charge is -2.33. The molecule has 0 radical (unpaired) electrons. The zero-order chi connectivity index (χ0) is 13.3. The Bertz CT molecular complexity index is 345. The highest BCUT2D eigenvalue weighted by Crippen LogP contribution is 2.35. The fraction of sp³-hybridized carbons (Fsp3) is 0.923. The zero-order valence-electron chi connectivity index (χ0n) is 11.2. The summed E-state index contributed by atoms with van der Waals surface area (Å²) < 4.78 is 0. The van der Waals surface area contributed by atoms with E-state index in [1.807, 2.05) is 14.0 Å². The van der Waals surface area contributed by atoms with Crippen molar-refractivity contribution in [2.24, 2.45) is 11.8 Å². The summed E-state index contributed by atoms with van der Waals surface area (Å²) in [6.45, 7) is 2.92. The van der Waals surface area contributed by atoms with Gasteiger partial charge in [0.15, 0.2) is 5.78 Å². The lowest BCUT2D eigenvalue weighted by Crippen LogP contribution is -2.48. The molecular formula is C13H22N2O3. The summed E-state index contributed by atoms with van der Waals surface area (Å²) in [6.07, 6.45) is 4.26. The summed E-state index contributed by atoms with van der Waals surface area (Å²) in [5, 5.41) is 11.2. The molecule has 0 aromatic carbocycles. The number of likely N-dealkylation sites (tertiary alicyclic amines) is 1. The third-order valence-corrected chi connectivity index (χ3v) is 4.64. The first kappa shape index (κ1) is 13.5. The Morgan fingerprint density at radius 1 is 1.28 bits per heavy atom. The number of carbonyl (C=O) groups is 1. The van der Waals surface area contributed by atoms with E-state index in [-0.39, 0.29) is 28.6 Å². The van der Waals surface area contributed by atoms with Crippen LogP contribution in [0.15, 0.2) is 0 Å². The van der Waals surface area contributed by atoms with E-state index < -0.39 is 6.04 Å². The van der Waals surface area contributed by atoms with Gasteiger partial charge in [-0.05, 0) is 45.2 Å². The van der Waals surface area contributed by atoms with E-state index in [1.165, 1.54) is 0 Å². The van der Waals surface area contributed by atoms with E-state index in [4.69, 9.17) is 0 Å². The van der Waals surface area contributed by atoms with Gasteiger partial charge in [-0.2, -0.15) is 0 Å². The fourth-order valence-corrected chi connectivity index (χ4v) is 3.59. The average Bonchev–Trinajstić information content (AvgIpc) is 2.74. The molecule has 5 nitrogen and oxygen atoms in total. The van der Waals surface area contributed by atoms with Crippen molar-refractivity contribution in [3.63, 3.8) is 0 Å². The van der Waals surface area contributed by atoms with Crippen LogP contribution >= 0.6 is 0 Å². The van der Waals surface area contributed by atoms with E-state index in [2.05, 4.69) is 4.90 Å². The molecular weight excluding hydrogens is 232 g/mol. The van der Waals surface area contributed by atoms with Gasteiger partial charge in [-0.1, -0.05) is 6.92 Å². The van der Waals surface area contributed by atoms with Crippen molar-refractivity contribution >= 4 is 5.78 Å². The minimum Gasteiger partial charge on any atom is -0.297 e. The van der Waals surface area contributed by atoms with Crippen LogP contribution < -0.4 is 0 Å². The highest BCUT2D eigenvalue weighted by molar-refractivity contribution is 5.87. The Kier molecular flexibility index (Phi) is 4.00. The Hall–Kier alpha value is -0.970. The molecule has 4 unspecified atom stereocenters. The third kappa shape index (κ3) is 2.41. The van der Waals surface area contributed by atoms with Crippen molar-refractivity contribution in [3.8, 4) is 0 Å². The number of hydrogen-bond donors (Lipinski definition) is 0. The number of likely N-dealkylation sites (N-methyl/N-ethyl adjacent to an activating group) is 1. The summed E-state index contributed by atoms with van der Waals surface area (Å²) in [6, 6.07) is -0.742. The lowest BCUT2D eigenvalue weighted by molar-refractivity contribution is -0.534. The Balaban J connectivity index is 2.16. The maximum Gasteiger partial charge on any atom is 0.223 e. The predicted molar refractivity (Wildman–Crippen MR) is 67.9 cm³/mol. The van der Waals surface area contributed by atoms with Crippen LogP contribution in [0.1, 0.15) is 39.0 Å². The number of ketones is 1. The molecule has 0 aromatic heterocycles. The second-order valence-corrected chi connectivity index (χ2v) is 5.83. The van der Waals surface area contributed by atoms with Crippen LogP contribution in [0.3, 0.4) is 0 Å². The highest BCUT2D eigenvalue weighted by Gasteiger charge is 2.46. The van der Waals surface area contributed by atoms with Crippen LogP contribution in [0, 0.1) is 22.0 Å². The molecule has 4 atom stereocenters. The normalized spacial score (nSPS) is 37.7. The second-order valence-electron chi connectivity index (χ2n) is 5.83. The standard InChI is InChI=1S/C13H22N2O3/c1-9-5-3-6-10(15(17)18)12(9)13(16)11-7-4-8-14(11)2/h9-12H,3-8H2,1-2H3. The topological polar surface area (TPSA) is 63.5 Å². The maximum atomic E-state index is 12.6. The Labute approximate surface area is 108 Å². The summed E-state index contributed by atoms with van der Waals surface area (Å²) in [4.78, 5) is 25.6. The van der Waals surface area contributed by atoms with Gasteiger partial charge >= 0.3 is 0 Å². The van der Waals surface area contributed by atoms with Gasteiger partial charge in [0.2, 0.25) is 6.04 Å². The van der Waals surface area contributed by atoms with Gasteiger partial charge in [0.1, 0.15) is 0 Å². The van der Waals surface area contributed by atoms with Gasteiger partial charge < -0.3 is 0 Å². The van der Waals surface area contributed by atoms with Crippen LogP contribution in [0.4, 0.5) is 0 Å². The number of nitro groups is 1. The van der Waals surface area contributed by atoms with Gasteiger partial charge in [0.25, 0.3) is 0 Å². The van der Waals surface area contributed by atoms with E-state index in [0.29, 0.717) is 6.42 Å². The molecule has 18 heavy (non-hydrogen) atoms. The first-order valence-corrected chi connectivity index (χ1v) is 6.90. The Morgan fingerprint density at radius 2 is 2.00 bits per heavy atom. The molecule has 1 saturated heterocycles. The van der Waals surface area contributed by atoms with Gasteiger partial charge in [-0.25, -0.2) is 0 Å². The highest BCUT2D eigenvalue weighted by atomic mass is 16.6. The molecule has 0 amide bonds. The molecule has 0 spiro atoms. The van der Waals surface area contributed by atoms with E-state index in [0.717, 1.165) is 32.2 Å². The molecule has 1 heterocycles. The quantitative estimate of drug-likeness (QED) is 0.568. The molecule has 0 N–H and O–H groups in total. The summed E-state index contributed by atoms with van der Waals surface area (Å²) >= 11 is 0. The first-order valence-electron chi connectivity index (χ1n) is 6.90. The van der Waals surface area contributed by atoms with Gasteiger partial charge in [0.05, 0.1) is 12.0 Å². The van der Waals surface area contributed by atoms with E-state index in [1.54, 1.807) is 0 Å². The van der Waals surface area contributed by atoms with Crippen LogP contribution in [0.25, 0.3) is 0 Å². The number of carbonyl (C=O) groups excluding carboxylic acids is 1. The molecule has 0 aromatic rings. The number of hydrogen-bond acceptors (Lipinski definition) is 4. The molecule has 0 bridgehead atoms. The van der Waals surface area contributed by atoms with Crippen molar-refractivity contribution in [2.75, 3.05) is 13.6 Å². The smallest absolute Gasteiger partial charge is 0.223 e. The summed E-state index contributed by atoms with van der Waals surface area (Å²) in [5.74, 6) is -0.112. The van der Waals surface area contributed by atoms with Crippen molar-refractivity contribution < 1.29 is 9.72 Å². The number of nitrogens with zero attached hydrogens (tertiary/aromatic N) is 2. The monoisotopic (exact) mass is 254 g/mol. The largest absolute Gasteiger partial charge is 0.297 e. The number of Topliss-reactive ketones (excluding diaryl/α,β-unsaturated/α-hetero) is 1. The first-order chi connectivity index (χ1) is 8.52. The Morgan fingerprint density at radius 3 is 2.56 bits per heavy atom. The van der Waals surface area contributed by atoms with E-state index >= 15 is 0 Å². The molecule has 2 aliphatic rings. The van der Waals surface area contributed by atoms with Crippen LogP contribution in [-0.2, 0) is 4.79 Å². The average molecular weight is 254 g/mol. The van der Waals surface area contributed by atoms with Crippen LogP contribution in [-0.4, -0.2) is 41.3 Å². The molecule has 1 aliphatic carbocycles. The zero-order valence-corrected chi connectivity index (χ0v) is 11.2. The lowest BCUT2D eigenvalue weighted by atomic mass is 9.73.